The molecular formula is C15H13BrFNO. The summed E-state index contributed by atoms with van der Waals surface area (Å²) < 4.78 is 13.7. The third-order valence-electron chi connectivity index (χ3n) is 2.88. The second-order valence-corrected chi connectivity index (χ2v) is 5.09. The number of hydrogen-bond acceptors (Lipinski definition) is 1. The Kier molecular flexibility index (Phi) is 4.32. The van der Waals surface area contributed by atoms with Gasteiger partial charge < -0.3 is 5.32 Å². The molecule has 0 radical (unpaired) electrons. The van der Waals surface area contributed by atoms with Crippen LogP contribution in [0.15, 0.2) is 46.9 Å². The largest absolute Gasteiger partial charge is 0.348 e. The van der Waals surface area contributed by atoms with Gasteiger partial charge in [-0.15, -0.1) is 0 Å². The fourth-order valence-electron chi connectivity index (χ4n) is 1.72. The normalized spacial score (nSPS) is 10.3. The van der Waals surface area contributed by atoms with Gasteiger partial charge in [0.2, 0.25) is 0 Å². The molecule has 98 valence electrons. The summed E-state index contributed by atoms with van der Waals surface area (Å²) in [5.74, 6) is -0.724. The molecule has 0 unspecified atom stereocenters. The SMILES string of the molecule is Cc1ccccc1CNC(=O)c1ccc(Br)c(F)c1. The van der Waals surface area contributed by atoms with E-state index < -0.39 is 5.82 Å². The van der Waals surface area contributed by atoms with E-state index in [1.54, 1.807) is 6.07 Å². The Hall–Kier alpha value is -1.68. The fourth-order valence-corrected chi connectivity index (χ4v) is 1.97. The van der Waals surface area contributed by atoms with Crippen molar-refractivity contribution in [3.8, 4) is 0 Å². The fraction of sp³-hybridized carbons (Fsp3) is 0.133. The molecule has 19 heavy (non-hydrogen) atoms. The average Bonchev–Trinajstić information content (AvgIpc) is 2.40. The molecule has 0 aliphatic rings. The zero-order chi connectivity index (χ0) is 13.8. The predicted molar refractivity (Wildman–Crippen MR) is 76.4 cm³/mol. The van der Waals surface area contributed by atoms with Crippen LogP contribution in [0.5, 0.6) is 0 Å². The lowest BCUT2D eigenvalue weighted by Crippen LogP contribution is -2.23. The summed E-state index contributed by atoms with van der Waals surface area (Å²) in [5.41, 5.74) is 2.48. The third-order valence-corrected chi connectivity index (χ3v) is 3.53. The summed E-state index contributed by atoms with van der Waals surface area (Å²) in [6.07, 6.45) is 0. The maximum Gasteiger partial charge on any atom is 0.251 e. The van der Waals surface area contributed by atoms with Gasteiger partial charge in [-0.25, -0.2) is 4.39 Å². The molecule has 0 atom stereocenters. The maximum absolute atomic E-state index is 13.3. The molecule has 2 aromatic rings. The molecule has 0 aromatic heterocycles. The lowest BCUT2D eigenvalue weighted by molar-refractivity contribution is 0.0950. The number of rotatable bonds is 3. The van der Waals surface area contributed by atoms with Crippen LogP contribution in [0.25, 0.3) is 0 Å². The minimum absolute atomic E-state index is 0.283. The van der Waals surface area contributed by atoms with E-state index in [9.17, 15) is 9.18 Å². The molecule has 0 aliphatic carbocycles. The Morgan fingerprint density at radius 1 is 1.26 bits per heavy atom. The summed E-state index contributed by atoms with van der Waals surface area (Å²) in [5, 5.41) is 2.78. The summed E-state index contributed by atoms with van der Waals surface area (Å²) in [6.45, 7) is 2.42. The zero-order valence-electron chi connectivity index (χ0n) is 10.4. The molecule has 2 nitrogen and oxygen atoms in total. The number of nitrogens with one attached hydrogen (secondary N) is 1. The van der Waals surface area contributed by atoms with Crippen molar-refractivity contribution in [3.05, 3.63) is 69.4 Å². The molecule has 0 aliphatic heterocycles. The maximum atomic E-state index is 13.3. The van der Waals surface area contributed by atoms with E-state index in [2.05, 4.69) is 21.2 Å². The first-order valence-electron chi connectivity index (χ1n) is 5.85. The van der Waals surface area contributed by atoms with Crippen LogP contribution >= 0.6 is 15.9 Å². The molecule has 0 saturated heterocycles. The molecule has 1 amide bonds. The van der Waals surface area contributed by atoms with Crippen LogP contribution in [0.2, 0.25) is 0 Å². The standard InChI is InChI=1S/C15H13BrFNO/c1-10-4-2-3-5-12(10)9-18-15(19)11-6-7-13(16)14(17)8-11/h2-8H,9H2,1H3,(H,18,19). The van der Waals surface area contributed by atoms with E-state index in [0.717, 1.165) is 11.1 Å². The number of amides is 1. The van der Waals surface area contributed by atoms with E-state index in [0.29, 0.717) is 16.6 Å². The summed E-state index contributed by atoms with van der Waals surface area (Å²) in [6, 6.07) is 12.1. The number of halogens is 2. The van der Waals surface area contributed by atoms with Crippen LogP contribution < -0.4 is 5.32 Å². The first-order chi connectivity index (χ1) is 9.08. The summed E-state index contributed by atoms with van der Waals surface area (Å²) >= 11 is 3.06. The van der Waals surface area contributed by atoms with Crippen molar-refractivity contribution >= 4 is 21.8 Å². The van der Waals surface area contributed by atoms with Crippen molar-refractivity contribution in [2.24, 2.45) is 0 Å². The van der Waals surface area contributed by atoms with Crippen LogP contribution in [-0.2, 0) is 6.54 Å². The smallest absolute Gasteiger partial charge is 0.251 e. The average molecular weight is 322 g/mol. The van der Waals surface area contributed by atoms with E-state index in [4.69, 9.17) is 0 Å². The number of hydrogen-bond donors (Lipinski definition) is 1. The molecule has 0 spiro atoms. The summed E-state index contributed by atoms with van der Waals surface area (Å²) in [7, 11) is 0. The highest BCUT2D eigenvalue weighted by Gasteiger charge is 2.08. The Morgan fingerprint density at radius 3 is 2.68 bits per heavy atom. The van der Waals surface area contributed by atoms with Gasteiger partial charge in [-0.2, -0.15) is 0 Å². The van der Waals surface area contributed by atoms with Crippen molar-refractivity contribution < 1.29 is 9.18 Å². The Labute approximate surface area is 119 Å². The highest BCUT2D eigenvalue weighted by Crippen LogP contribution is 2.16. The topological polar surface area (TPSA) is 29.1 Å². The van der Waals surface area contributed by atoms with Crippen molar-refractivity contribution in [1.29, 1.82) is 0 Å². The number of carbonyl (C=O) groups is 1. The van der Waals surface area contributed by atoms with Gasteiger partial charge in [0.05, 0.1) is 4.47 Å². The highest BCUT2D eigenvalue weighted by molar-refractivity contribution is 9.10. The van der Waals surface area contributed by atoms with Gasteiger partial charge in [0, 0.05) is 12.1 Å². The molecule has 1 N–H and O–H groups in total. The number of benzene rings is 2. The quantitative estimate of drug-likeness (QED) is 0.914. The molecule has 0 saturated carbocycles. The molecule has 0 heterocycles. The van der Waals surface area contributed by atoms with Gasteiger partial charge in [0.25, 0.3) is 5.91 Å². The van der Waals surface area contributed by atoms with Crippen LogP contribution in [0, 0.1) is 12.7 Å². The lowest BCUT2D eigenvalue weighted by Gasteiger charge is -2.08. The Bertz CT molecular complexity index is 613. The molecular weight excluding hydrogens is 309 g/mol. The van der Waals surface area contributed by atoms with Gasteiger partial charge in [-0.3, -0.25) is 4.79 Å². The van der Waals surface area contributed by atoms with Gasteiger partial charge >= 0.3 is 0 Å². The van der Waals surface area contributed by atoms with Crippen molar-refractivity contribution in [2.75, 3.05) is 0 Å². The van der Waals surface area contributed by atoms with Gasteiger partial charge in [-0.1, -0.05) is 24.3 Å². The summed E-state index contributed by atoms with van der Waals surface area (Å²) in [4.78, 5) is 11.9. The first-order valence-corrected chi connectivity index (χ1v) is 6.65. The Morgan fingerprint density at radius 2 is 2.00 bits per heavy atom. The molecule has 2 rings (SSSR count). The third kappa shape index (κ3) is 3.41. The highest BCUT2D eigenvalue weighted by atomic mass is 79.9. The van der Waals surface area contributed by atoms with Crippen LogP contribution in [0.3, 0.4) is 0 Å². The molecule has 0 bridgehead atoms. The van der Waals surface area contributed by atoms with E-state index in [1.807, 2.05) is 31.2 Å². The van der Waals surface area contributed by atoms with E-state index in [1.165, 1.54) is 12.1 Å². The monoisotopic (exact) mass is 321 g/mol. The predicted octanol–water partition coefficient (Wildman–Crippen LogP) is 3.83. The van der Waals surface area contributed by atoms with E-state index in [-0.39, 0.29) is 5.91 Å². The van der Waals surface area contributed by atoms with Crippen LogP contribution in [0.4, 0.5) is 4.39 Å². The number of aryl methyl sites for hydroxylation is 1. The lowest BCUT2D eigenvalue weighted by atomic mass is 10.1. The Balaban J connectivity index is 2.05. The number of carbonyl (C=O) groups excluding carboxylic acids is 1. The minimum Gasteiger partial charge on any atom is -0.348 e. The molecule has 2 aromatic carbocycles. The van der Waals surface area contributed by atoms with Crippen molar-refractivity contribution in [1.82, 2.24) is 5.32 Å². The van der Waals surface area contributed by atoms with Gasteiger partial charge in [0.15, 0.2) is 0 Å². The van der Waals surface area contributed by atoms with Gasteiger partial charge in [-0.05, 0) is 52.2 Å². The van der Waals surface area contributed by atoms with Gasteiger partial charge in [0.1, 0.15) is 5.82 Å². The van der Waals surface area contributed by atoms with Crippen molar-refractivity contribution in [2.45, 2.75) is 13.5 Å². The zero-order valence-corrected chi connectivity index (χ0v) is 12.0. The van der Waals surface area contributed by atoms with E-state index >= 15 is 0 Å². The van der Waals surface area contributed by atoms with Crippen LogP contribution in [-0.4, -0.2) is 5.91 Å². The second kappa shape index (κ2) is 5.97. The first kappa shape index (κ1) is 13.7. The van der Waals surface area contributed by atoms with Crippen LogP contribution in [0.1, 0.15) is 21.5 Å². The molecule has 4 heteroatoms. The molecule has 0 fully saturated rings. The van der Waals surface area contributed by atoms with Crippen molar-refractivity contribution in [3.63, 3.8) is 0 Å². The minimum atomic E-state index is -0.441. The second-order valence-electron chi connectivity index (χ2n) is 4.24.